The second-order valence-electron chi connectivity index (χ2n) is 5.29. The van der Waals surface area contributed by atoms with Crippen molar-refractivity contribution in [2.45, 2.75) is 32.7 Å². The van der Waals surface area contributed by atoms with Gasteiger partial charge < -0.3 is 10.2 Å². The molecule has 4 heteroatoms. The predicted molar refractivity (Wildman–Crippen MR) is 81.5 cm³/mol. The summed E-state index contributed by atoms with van der Waals surface area (Å²) < 4.78 is 0.979. The molecule has 0 radical (unpaired) electrons. The van der Waals surface area contributed by atoms with Crippen LogP contribution in [0.15, 0.2) is 22.7 Å². The first kappa shape index (κ1) is 14.5. The molecule has 1 fully saturated rings. The van der Waals surface area contributed by atoms with E-state index in [0.717, 1.165) is 35.2 Å². The highest BCUT2D eigenvalue weighted by Gasteiger charge is 2.17. The first-order valence-corrected chi connectivity index (χ1v) is 7.65. The summed E-state index contributed by atoms with van der Waals surface area (Å²) in [6, 6.07) is 5.92. The van der Waals surface area contributed by atoms with E-state index < -0.39 is 0 Å². The Labute approximate surface area is 123 Å². The molecule has 0 aromatic heterocycles. The van der Waals surface area contributed by atoms with Gasteiger partial charge in [-0.1, -0.05) is 22.0 Å². The van der Waals surface area contributed by atoms with Crippen molar-refractivity contribution in [2.24, 2.45) is 0 Å². The number of halogens is 1. The first-order valence-electron chi connectivity index (χ1n) is 6.86. The standard InChI is InChI=1S/C15H21BrN2O/c1-11(10-18-8-3-4-9-18)17-15(19)13-6-5-7-14(16)12(13)2/h5-7,11H,3-4,8-10H2,1-2H3,(H,17,19). The number of carbonyl (C=O) groups excluding carboxylic acids is 1. The lowest BCUT2D eigenvalue weighted by Crippen LogP contribution is -2.41. The molecule has 1 aromatic carbocycles. The second kappa shape index (κ2) is 6.53. The van der Waals surface area contributed by atoms with Gasteiger partial charge in [0.2, 0.25) is 0 Å². The van der Waals surface area contributed by atoms with Crippen LogP contribution in [-0.2, 0) is 0 Å². The number of amides is 1. The number of carbonyl (C=O) groups is 1. The summed E-state index contributed by atoms with van der Waals surface area (Å²) in [7, 11) is 0. The molecule has 1 aliphatic rings. The summed E-state index contributed by atoms with van der Waals surface area (Å²) in [4.78, 5) is 14.7. The average molecular weight is 325 g/mol. The van der Waals surface area contributed by atoms with Crippen molar-refractivity contribution >= 4 is 21.8 Å². The third kappa shape index (κ3) is 3.80. The topological polar surface area (TPSA) is 32.3 Å². The monoisotopic (exact) mass is 324 g/mol. The zero-order valence-corrected chi connectivity index (χ0v) is 13.2. The summed E-state index contributed by atoms with van der Waals surface area (Å²) in [6.45, 7) is 7.30. The Hall–Kier alpha value is -0.870. The SMILES string of the molecule is Cc1c(Br)cccc1C(=O)NC(C)CN1CCCC1. The summed E-state index contributed by atoms with van der Waals surface area (Å²) in [6.07, 6.45) is 2.57. The number of rotatable bonds is 4. The Balaban J connectivity index is 1.94. The van der Waals surface area contributed by atoms with Gasteiger partial charge in [0.25, 0.3) is 5.91 Å². The van der Waals surface area contributed by atoms with Crippen molar-refractivity contribution in [1.29, 1.82) is 0 Å². The molecule has 3 nitrogen and oxygen atoms in total. The van der Waals surface area contributed by atoms with Gasteiger partial charge in [-0.15, -0.1) is 0 Å². The van der Waals surface area contributed by atoms with E-state index in [9.17, 15) is 4.79 Å². The first-order chi connectivity index (χ1) is 9.08. The molecule has 0 bridgehead atoms. The van der Waals surface area contributed by atoms with E-state index in [-0.39, 0.29) is 11.9 Å². The van der Waals surface area contributed by atoms with Crippen LogP contribution in [0.4, 0.5) is 0 Å². The molecule has 19 heavy (non-hydrogen) atoms. The molecular formula is C15H21BrN2O. The zero-order chi connectivity index (χ0) is 13.8. The molecule has 0 spiro atoms. The van der Waals surface area contributed by atoms with E-state index in [1.54, 1.807) is 0 Å². The lowest BCUT2D eigenvalue weighted by Gasteiger charge is -2.21. The van der Waals surface area contributed by atoms with Crippen LogP contribution < -0.4 is 5.32 Å². The third-order valence-electron chi connectivity index (χ3n) is 3.62. The molecule has 104 valence electrons. The van der Waals surface area contributed by atoms with Gasteiger partial charge in [0.15, 0.2) is 0 Å². The minimum absolute atomic E-state index is 0.0190. The van der Waals surface area contributed by atoms with Gasteiger partial charge in [-0.2, -0.15) is 0 Å². The Kier molecular flexibility index (Phi) is 4.99. The number of nitrogens with zero attached hydrogens (tertiary/aromatic N) is 1. The largest absolute Gasteiger partial charge is 0.348 e. The van der Waals surface area contributed by atoms with Gasteiger partial charge in [-0.25, -0.2) is 0 Å². The molecule has 1 unspecified atom stereocenters. The van der Waals surface area contributed by atoms with Crippen LogP contribution in [0.1, 0.15) is 35.7 Å². The number of hydrogen-bond donors (Lipinski definition) is 1. The lowest BCUT2D eigenvalue weighted by molar-refractivity contribution is 0.0931. The van der Waals surface area contributed by atoms with Crippen LogP contribution in [0, 0.1) is 6.92 Å². The quantitative estimate of drug-likeness (QED) is 0.923. The molecule has 0 aliphatic carbocycles. The number of benzene rings is 1. The van der Waals surface area contributed by atoms with Gasteiger partial charge in [-0.05, 0) is 57.5 Å². The molecule has 1 heterocycles. The van der Waals surface area contributed by atoms with E-state index >= 15 is 0 Å². The molecule has 1 N–H and O–H groups in total. The van der Waals surface area contributed by atoms with E-state index in [1.165, 1.54) is 12.8 Å². The van der Waals surface area contributed by atoms with Crippen molar-refractivity contribution < 1.29 is 4.79 Å². The van der Waals surface area contributed by atoms with Gasteiger partial charge in [0.05, 0.1) is 0 Å². The van der Waals surface area contributed by atoms with Crippen molar-refractivity contribution in [3.63, 3.8) is 0 Å². The average Bonchev–Trinajstić information content (AvgIpc) is 2.85. The molecule has 2 rings (SSSR count). The van der Waals surface area contributed by atoms with E-state index in [2.05, 4.69) is 33.1 Å². The highest BCUT2D eigenvalue weighted by molar-refractivity contribution is 9.10. The highest BCUT2D eigenvalue weighted by atomic mass is 79.9. The predicted octanol–water partition coefficient (Wildman–Crippen LogP) is 2.97. The van der Waals surface area contributed by atoms with Crippen LogP contribution in [-0.4, -0.2) is 36.5 Å². The van der Waals surface area contributed by atoms with Crippen LogP contribution in [0.3, 0.4) is 0 Å². The smallest absolute Gasteiger partial charge is 0.251 e. The van der Waals surface area contributed by atoms with Crippen molar-refractivity contribution in [2.75, 3.05) is 19.6 Å². The molecule has 1 aliphatic heterocycles. The minimum Gasteiger partial charge on any atom is -0.348 e. The maximum absolute atomic E-state index is 12.3. The van der Waals surface area contributed by atoms with Crippen molar-refractivity contribution in [1.82, 2.24) is 10.2 Å². The van der Waals surface area contributed by atoms with Crippen LogP contribution in [0.5, 0.6) is 0 Å². The molecule has 1 saturated heterocycles. The molecular weight excluding hydrogens is 304 g/mol. The fourth-order valence-electron chi connectivity index (χ4n) is 2.55. The summed E-state index contributed by atoms with van der Waals surface area (Å²) in [5.74, 6) is 0.0190. The Morgan fingerprint density at radius 1 is 1.42 bits per heavy atom. The lowest BCUT2D eigenvalue weighted by atomic mass is 10.1. The Bertz CT molecular complexity index is 455. The fourth-order valence-corrected chi connectivity index (χ4v) is 2.92. The maximum atomic E-state index is 12.3. The minimum atomic E-state index is 0.0190. The molecule has 1 atom stereocenters. The van der Waals surface area contributed by atoms with E-state index in [0.29, 0.717) is 0 Å². The number of likely N-dealkylation sites (tertiary alicyclic amines) is 1. The molecule has 1 aromatic rings. The molecule has 0 saturated carbocycles. The van der Waals surface area contributed by atoms with Crippen LogP contribution in [0.2, 0.25) is 0 Å². The van der Waals surface area contributed by atoms with Crippen LogP contribution >= 0.6 is 15.9 Å². The van der Waals surface area contributed by atoms with Gasteiger partial charge in [0, 0.05) is 22.6 Å². The Morgan fingerprint density at radius 3 is 2.79 bits per heavy atom. The third-order valence-corrected chi connectivity index (χ3v) is 4.48. The highest BCUT2D eigenvalue weighted by Crippen LogP contribution is 2.19. The van der Waals surface area contributed by atoms with Crippen molar-refractivity contribution in [3.8, 4) is 0 Å². The maximum Gasteiger partial charge on any atom is 0.251 e. The normalized spacial score (nSPS) is 17.4. The number of hydrogen-bond acceptors (Lipinski definition) is 2. The summed E-state index contributed by atoms with van der Waals surface area (Å²) in [5.41, 5.74) is 1.75. The van der Waals surface area contributed by atoms with Gasteiger partial charge in [0.1, 0.15) is 0 Å². The molecule has 1 amide bonds. The van der Waals surface area contributed by atoms with Crippen LogP contribution in [0.25, 0.3) is 0 Å². The van der Waals surface area contributed by atoms with E-state index in [1.807, 2.05) is 25.1 Å². The zero-order valence-electron chi connectivity index (χ0n) is 11.6. The second-order valence-corrected chi connectivity index (χ2v) is 6.15. The fraction of sp³-hybridized carbons (Fsp3) is 0.533. The van der Waals surface area contributed by atoms with Crippen molar-refractivity contribution in [3.05, 3.63) is 33.8 Å². The number of nitrogens with one attached hydrogen (secondary N) is 1. The van der Waals surface area contributed by atoms with Gasteiger partial charge >= 0.3 is 0 Å². The summed E-state index contributed by atoms with van der Waals surface area (Å²) >= 11 is 3.46. The summed E-state index contributed by atoms with van der Waals surface area (Å²) in [5, 5.41) is 3.09. The van der Waals surface area contributed by atoms with E-state index in [4.69, 9.17) is 0 Å². The Morgan fingerprint density at radius 2 is 2.11 bits per heavy atom. The van der Waals surface area contributed by atoms with Gasteiger partial charge in [-0.3, -0.25) is 4.79 Å².